The third kappa shape index (κ3) is 6.36. The lowest BCUT2D eigenvalue weighted by Crippen LogP contribution is -2.47. The third-order valence-corrected chi connectivity index (χ3v) is 12.7. The zero-order valence-corrected chi connectivity index (χ0v) is 35.8. The second kappa shape index (κ2) is 14.7. The van der Waals surface area contributed by atoms with E-state index >= 15 is 4.79 Å². The Morgan fingerprint density at radius 1 is 0.898 bits per heavy atom. The van der Waals surface area contributed by atoms with Gasteiger partial charge in [0.05, 0.1) is 29.5 Å². The quantitative estimate of drug-likeness (QED) is 0.0809. The van der Waals surface area contributed by atoms with Gasteiger partial charge in [0.1, 0.15) is 23.3 Å². The molecule has 5 aromatic heterocycles. The molecule has 12 nitrogen and oxygen atoms in total. The summed E-state index contributed by atoms with van der Waals surface area (Å²) in [6.45, 7) is 12.6. The van der Waals surface area contributed by atoms with Gasteiger partial charge in [-0.1, -0.05) is 41.4 Å². The standard InChI is InChI=1S/C45H44Cl2N10O2/c1-24-20-48-45(49-21-24)55-23-50-43(52-55)30-14-15-36-35(19-30)37(22-53(36)7)57-42(47)29(6)56-40-32(11-9-12-34(40)38-27(4)51-54(8)28(38)5)33(41(56)44(57)58)13-10-16-59-31-17-25(2)39(46)26(3)18-31/h9,11-12,14-15,17-23,29,42H,10,13,16H2,1-8H3/t29?,42-/m0/s1. The number of carbonyl (C=O) groups excluding carboxylic acids is 1. The lowest BCUT2D eigenvalue weighted by atomic mass is 9.98. The van der Waals surface area contributed by atoms with Crippen LogP contribution < -0.4 is 9.64 Å². The molecule has 6 heterocycles. The van der Waals surface area contributed by atoms with Crippen LogP contribution in [0.1, 0.15) is 63.5 Å². The molecule has 2 atom stereocenters. The Kier molecular flexibility index (Phi) is 9.59. The van der Waals surface area contributed by atoms with E-state index in [1.54, 1.807) is 28.3 Å². The molecule has 0 saturated heterocycles. The number of benzene rings is 3. The number of fused-ring (bicyclic) bond motifs is 4. The highest BCUT2D eigenvalue weighted by Gasteiger charge is 2.42. The summed E-state index contributed by atoms with van der Waals surface area (Å²) in [5, 5.41) is 12.1. The Hall–Kier alpha value is -5.98. The molecule has 1 amide bonds. The molecular formula is C45H44Cl2N10O2. The first-order chi connectivity index (χ1) is 28.3. The van der Waals surface area contributed by atoms with Crippen molar-refractivity contribution in [3.63, 3.8) is 0 Å². The predicted molar refractivity (Wildman–Crippen MR) is 233 cm³/mol. The van der Waals surface area contributed by atoms with Crippen LogP contribution in [0.3, 0.4) is 0 Å². The number of carbonyl (C=O) groups is 1. The van der Waals surface area contributed by atoms with Crippen LogP contribution in [0, 0.1) is 34.6 Å². The highest BCUT2D eigenvalue weighted by molar-refractivity contribution is 6.32. The summed E-state index contributed by atoms with van der Waals surface area (Å²) in [6.07, 6.45) is 8.36. The molecule has 0 radical (unpaired) electrons. The van der Waals surface area contributed by atoms with Crippen molar-refractivity contribution in [3.05, 3.63) is 118 Å². The zero-order chi connectivity index (χ0) is 41.4. The Morgan fingerprint density at radius 3 is 2.36 bits per heavy atom. The van der Waals surface area contributed by atoms with Gasteiger partial charge in [-0.3, -0.25) is 14.4 Å². The fraction of sp³-hybridized carbons (Fsp3) is 0.289. The number of aromatic nitrogens is 9. The zero-order valence-electron chi connectivity index (χ0n) is 34.2. The Labute approximate surface area is 352 Å². The summed E-state index contributed by atoms with van der Waals surface area (Å²) in [5.74, 6) is 1.55. The monoisotopic (exact) mass is 826 g/mol. The molecule has 3 aromatic carbocycles. The number of amides is 1. The van der Waals surface area contributed by atoms with Gasteiger partial charge in [-0.25, -0.2) is 15.0 Å². The number of alkyl halides is 1. The molecule has 1 aliphatic heterocycles. The van der Waals surface area contributed by atoms with Crippen LogP contribution in [0.15, 0.2) is 73.4 Å². The normalized spacial score (nSPS) is 15.5. The summed E-state index contributed by atoms with van der Waals surface area (Å²) in [7, 11) is 3.94. The van der Waals surface area contributed by atoms with Gasteiger partial charge < -0.3 is 13.9 Å². The lowest BCUT2D eigenvalue weighted by Gasteiger charge is -2.38. The van der Waals surface area contributed by atoms with Gasteiger partial charge in [0.2, 0.25) is 0 Å². The molecule has 59 heavy (non-hydrogen) atoms. The molecule has 0 fully saturated rings. The van der Waals surface area contributed by atoms with Crippen molar-refractivity contribution in [1.82, 2.24) is 43.6 Å². The van der Waals surface area contributed by atoms with Gasteiger partial charge in [0.25, 0.3) is 11.9 Å². The lowest BCUT2D eigenvalue weighted by molar-refractivity contribution is 0.0951. The number of ether oxygens (including phenoxy) is 1. The van der Waals surface area contributed by atoms with E-state index in [0.717, 1.165) is 82.9 Å². The maximum Gasteiger partial charge on any atom is 0.276 e. The fourth-order valence-electron chi connectivity index (χ4n) is 8.62. The van der Waals surface area contributed by atoms with Gasteiger partial charge in [0.15, 0.2) is 5.82 Å². The molecule has 1 unspecified atom stereocenters. The minimum Gasteiger partial charge on any atom is -0.494 e. The molecule has 14 heteroatoms. The van der Waals surface area contributed by atoms with E-state index in [9.17, 15) is 0 Å². The van der Waals surface area contributed by atoms with Crippen LogP contribution in [0.5, 0.6) is 5.75 Å². The van der Waals surface area contributed by atoms with Crippen LogP contribution in [-0.2, 0) is 20.5 Å². The van der Waals surface area contributed by atoms with Gasteiger partial charge in [0, 0.05) is 76.4 Å². The van der Waals surface area contributed by atoms with Crippen LogP contribution in [0.25, 0.3) is 50.3 Å². The second-order valence-corrected chi connectivity index (χ2v) is 16.4. The van der Waals surface area contributed by atoms with Crippen molar-refractivity contribution in [1.29, 1.82) is 0 Å². The summed E-state index contributed by atoms with van der Waals surface area (Å²) in [4.78, 5) is 30.6. The van der Waals surface area contributed by atoms with Gasteiger partial charge in [-0.2, -0.15) is 9.78 Å². The number of para-hydroxylation sites is 1. The second-order valence-electron chi connectivity index (χ2n) is 15.6. The highest BCUT2D eigenvalue weighted by Crippen LogP contribution is 2.46. The van der Waals surface area contributed by atoms with E-state index < -0.39 is 5.50 Å². The molecule has 8 aromatic rings. The summed E-state index contributed by atoms with van der Waals surface area (Å²) in [6, 6.07) is 16.0. The topological polar surface area (TPSA) is 114 Å². The number of hydrogen-bond donors (Lipinski definition) is 0. The van der Waals surface area contributed by atoms with Crippen molar-refractivity contribution in [2.24, 2.45) is 14.1 Å². The van der Waals surface area contributed by atoms with Gasteiger partial charge >= 0.3 is 0 Å². The molecule has 0 aliphatic carbocycles. The SMILES string of the molecule is Cc1cnc(-n2cnc(-c3ccc4c(c3)c(N3C(=O)c5c(CCCOc6cc(C)c(Cl)c(C)c6)c6cccc(-c7c(C)nn(C)c7C)c6n5C(C)[C@H]3Cl)cn4C)n2)nc1. The fourth-order valence-corrected chi connectivity index (χ4v) is 9.04. The predicted octanol–water partition coefficient (Wildman–Crippen LogP) is 9.56. The van der Waals surface area contributed by atoms with Crippen LogP contribution in [0.2, 0.25) is 5.02 Å². The summed E-state index contributed by atoms with van der Waals surface area (Å²) in [5.41, 5.74) is 11.2. The molecule has 300 valence electrons. The first-order valence-electron chi connectivity index (χ1n) is 19.7. The maximum absolute atomic E-state index is 15.4. The van der Waals surface area contributed by atoms with E-state index in [0.29, 0.717) is 42.6 Å². The Balaban J connectivity index is 1.15. The number of rotatable bonds is 9. The van der Waals surface area contributed by atoms with Crippen LogP contribution in [-0.4, -0.2) is 61.7 Å². The molecule has 1 aliphatic rings. The Morgan fingerprint density at radius 2 is 1.64 bits per heavy atom. The van der Waals surface area contributed by atoms with E-state index in [2.05, 4.69) is 51.6 Å². The number of halogens is 2. The molecule has 0 spiro atoms. The Bertz CT molecular complexity index is 2930. The first-order valence-corrected chi connectivity index (χ1v) is 20.5. The number of aryl methyl sites for hydroxylation is 7. The maximum atomic E-state index is 15.4. The van der Waals surface area contributed by atoms with Gasteiger partial charge in [-0.15, -0.1) is 5.10 Å². The van der Waals surface area contributed by atoms with Crippen LogP contribution in [0.4, 0.5) is 5.69 Å². The first kappa shape index (κ1) is 38.5. The smallest absolute Gasteiger partial charge is 0.276 e. The van der Waals surface area contributed by atoms with E-state index in [4.69, 9.17) is 38.1 Å². The molecule has 0 saturated carbocycles. The van der Waals surface area contributed by atoms with Crippen molar-refractivity contribution in [3.8, 4) is 34.2 Å². The minimum absolute atomic E-state index is 0.165. The minimum atomic E-state index is -0.715. The summed E-state index contributed by atoms with van der Waals surface area (Å²) >= 11 is 14.0. The van der Waals surface area contributed by atoms with E-state index in [1.165, 1.54) is 0 Å². The largest absolute Gasteiger partial charge is 0.494 e. The van der Waals surface area contributed by atoms with Crippen molar-refractivity contribution >= 4 is 56.6 Å². The van der Waals surface area contributed by atoms with Gasteiger partial charge in [-0.05, 0) is 107 Å². The van der Waals surface area contributed by atoms with Crippen LogP contribution >= 0.6 is 23.2 Å². The molecule has 9 rings (SSSR count). The number of nitrogens with zero attached hydrogens (tertiary/aromatic N) is 10. The van der Waals surface area contributed by atoms with Crippen molar-refractivity contribution < 1.29 is 9.53 Å². The number of anilines is 1. The van der Waals surface area contributed by atoms with Crippen molar-refractivity contribution in [2.45, 2.75) is 65.9 Å². The molecular weight excluding hydrogens is 783 g/mol. The average molecular weight is 828 g/mol. The van der Waals surface area contributed by atoms with E-state index in [-0.39, 0.29) is 11.9 Å². The molecule has 0 bridgehead atoms. The number of hydrogen-bond acceptors (Lipinski definition) is 7. The molecule has 0 N–H and O–H groups in total. The average Bonchev–Trinajstić information content (AvgIpc) is 3.98. The summed E-state index contributed by atoms with van der Waals surface area (Å²) < 4.78 is 13.9. The highest BCUT2D eigenvalue weighted by atomic mass is 35.5. The van der Waals surface area contributed by atoms with Crippen molar-refractivity contribution in [2.75, 3.05) is 11.5 Å². The van der Waals surface area contributed by atoms with E-state index in [1.807, 2.05) is 87.6 Å². The third-order valence-electron chi connectivity index (χ3n) is 11.6.